The molecule has 4 rings (SSSR count). The first kappa shape index (κ1) is 17.3. The van der Waals surface area contributed by atoms with Gasteiger partial charge in [-0.05, 0) is 38.0 Å². The molecule has 0 saturated heterocycles. The highest BCUT2D eigenvalue weighted by atomic mass is 16.1. The van der Waals surface area contributed by atoms with Gasteiger partial charge in [0.05, 0.1) is 23.5 Å². The number of nitrogens with zero attached hydrogens (tertiary/aromatic N) is 3. The van der Waals surface area contributed by atoms with E-state index in [2.05, 4.69) is 34.6 Å². The van der Waals surface area contributed by atoms with Crippen molar-refractivity contribution in [3.05, 3.63) is 77.7 Å². The lowest BCUT2D eigenvalue weighted by molar-refractivity contribution is 0.0951. The number of pyridine rings is 1. The maximum Gasteiger partial charge on any atom is 0.256 e. The van der Waals surface area contributed by atoms with E-state index in [0.29, 0.717) is 12.1 Å². The largest absolute Gasteiger partial charge is 0.361 e. The van der Waals surface area contributed by atoms with Gasteiger partial charge < -0.3 is 10.6 Å². The molecule has 0 spiro atoms. The van der Waals surface area contributed by atoms with Gasteiger partial charge in [0.2, 0.25) is 0 Å². The van der Waals surface area contributed by atoms with Crippen LogP contribution in [0.15, 0.2) is 60.9 Å². The summed E-state index contributed by atoms with van der Waals surface area (Å²) in [5.74, 6) is 0.609. The molecule has 1 atom stereocenters. The molecule has 3 aromatic rings. The van der Waals surface area contributed by atoms with Gasteiger partial charge in [-0.25, -0.2) is 4.68 Å². The molecule has 2 N–H and O–H groups in total. The highest BCUT2D eigenvalue weighted by Gasteiger charge is 2.37. The van der Waals surface area contributed by atoms with Gasteiger partial charge in [0.1, 0.15) is 11.4 Å². The molecule has 0 radical (unpaired) electrons. The van der Waals surface area contributed by atoms with E-state index in [4.69, 9.17) is 0 Å². The van der Waals surface area contributed by atoms with Gasteiger partial charge in [0.15, 0.2) is 0 Å². The zero-order valence-corrected chi connectivity index (χ0v) is 15.5. The van der Waals surface area contributed by atoms with Gasteiger partial charge in [0, 0.05) is 12.7 Å². The van der Waals surface area contributed by atoms with Crippen molar-refractivity contribution in [2.45, 2.75) is 38.4 Å². The smallest absolute Gasteiger partial charge is 0.256 e. The van der Waals surface area contributed by atoms with Crippen LogP contribution in [0.5, 0.6) is 0 Å². The number of fused-ring (bicyclic) bond motifs is 1. The summed E-state index contributed by atoms with van der Waals surface area (Å²) < 4.78 is 1.91. The first-order valence-corrected chi connectivity index (χ1v) is 9.13. The Balaban J connectivity index is 1.58. The standard InChI is InChI=1S/C21H23N5O/c1-21(2)12-18(17-10-6-7-11-22-17)25-19-16(14-24-26(19)21)20(27)23-13-15-8-4-3-5-9-15/h3-11,14,18,25H,12-13H2,1-2H3,(H,23,27). The summed E-state index contributed by atoms with van der Waals surface area (Å²) in [6.45, 7) is 4.75. The van der Waals surface area contributed by atoms with E-state index < -0.39 is 0 Å². The van der Waals surface area contributed by atoms with Gasteiger partial charge in [-0.3, -0.25) is 9.78 Å². The van der Waals surface area contributed by atoms with Crippen LogP contribution in [0.3, 0.4) is 0 Å². The molecule has 6 heteroatoms. The Morgan fingerprint density at radius 2 is 2.00 bits per heavy atom. The second-order valence-corrected chi connectivity index (χ2v) is 7.46. The first-order valence-electron chi connectivity index (χ1n) is 9.13. The van der Waals surface area contributed by atoms with E-state index in [9.17, 15) is 4.79 Å². The Morgan fingerprint density at radius 1 is 1.22 bits per heavy atom. The highest BCUT2D eigenvalue weighted by molar-refractivity contribution is 5.98. The van der Waals surface area contributed by atoms with Gasteiger partial charge in [-0.15, -0.1) is 0 Å². The fourth-order valence-corrected chi connectivity index (χ4v) is 3.55. The number of aromatic nitrogens is 3. The Bertz CT molecular complexity index is 934. The molecule has 0 bridgehead atoms. The van der Waals surface area contributed by atoms with Crippen LogP contribution in [0, 0.1) is 0 Å². The number of carbonyl (C=O) groups excluding carboxylic acids is 1. The number of nitrogens with one attached hydrogen (secondary N) is 2. The van der Waals surface area contributed by atoms with Crippen LogP contribution in [-0.2, 0) is 12.1 Å². The third kappa shape index (κ3) is 3.43. The number of rotatable bonds is 4. The summed E-state index contributed by atoms with van der Waals surface area (Å²) in [5.41, 5.74) is 2.36. The molecular weight excluding hydrogens is 338 g/mol. The van der Waals surface area contributed by atoms with Crippen molar-refractivity contribution in [3.63, 3.8) is 0 Å². The predicted octanol–water partition coefficient (Wildman–Crippen LogP) is 3.50. The number of benzene rings is 1. The molecule has 27 heavy (non-hydrogen) atoms. The van der Waals surface area contributed by atoms with E-state index in [1.165, 1.54) is 0 Å². The molecule has 1 amide bonds. The van der Waals surface area contributed by atoms with Crippen molar-refractivity contribution in [2.24, 2.45) is 0 Å². The minimum atomic E-state index is -0.221. The third-order valence-electron chi connectivity index (χ3n) is 4.94. The normalized spacial score (nSPS) is 17.6. The summed E-state index contributed by atoms with van der Waals surface area (Å²) in [6.07, 6.45) is 4.28. The van der Waals surface area contributed by atoms with Crippen LogP contribution >= 0.6 is 0 Å². The number of hydrogen-bond acceptors (Lipinski definition) is 4. The molecule has 1 aromatic carbocycles. The van der Waals surface area contributed by atoms with Crippen molar-refractivity contribution >= 4 is 11.7 Å². The van der Waals surface area contributed by atoms with Crippen molar-refractivity contribution in [2.75, 3.05) is 5.32 Å². The lowest BCUT2D eigenvalue weighted by atomic mass is 9.91. The van der Waals surface area contributed by atoms with Gasteiger partial charge in [-0.2, -0.15) is 5.10 Å². The Hall–Kier alpha value is -3.15. The Kier molecular flexibility index (Phi) is 4.39. The molecule has 2 aromatic heterocycles. The summed E-state index contributed by atoms with van der Waals surface area (Å²) >= 11 is 0. The molecule has 0 aliphatic carbocycles. The third-order valence-corrected chi connectivity index (χ3v) is 4.94. The second kappa shape index (κ2) is 6.87. The Morgan fingerprint density at radius 3 is 2.74 bits per heavy atom. The van der Waals surface area contributed by atoms with Crippen LogP contribution in [0.2, 0.25) is 0 Å². The minimum absolute atomic E-state index is 0.0334. The second-order valence-electron chi connectivity index (χ2n) is 7.46. The topological polar surface area (TPSA) is 71.8 Å². The van der Waals surface area contributed by atoms with Crippen LogP contribution in [0.25, 0.3) is 0 Å². The number of amides is 1. The quantitative estimate of drug-likeness (QED) is 0.746. The van der Waals surface area contributed by atoms with E-state index in [0.717, 1.165) is 23.5 Å². The summed E-state index contributed by atoms with van der Waals surface area (Å²) in [5, 5.41) is 10.9. The van der Waals surface area contributed by atoms with Crippen LogP contribution in [0.4, 0.5) is 5.82 Å². The molecule has 0 fully saturated rings. The van der Waals surface area contributed by atoms with E-state index in [1.807, 2.05) is 53.2 Å². The molecule has 6 nitrogen and oxygen atoms in total. The molecule has 1 unspecified atom stereocenters. The van der Waals surface area contributed by atoms with Crippen molar-refractivity contribution in [1.29, 1.82) is 0 Å². The molecular formula is C21H23N5O. The van der Waals surface area contributed by atoms with E-state index >= 15 is 0 Å². The van der Waals surface area contributed by atoms with Gasteiger partial charge in [0.25, 0.3) is 5.91 Å². The monoisotopic (exact) mass is 361 g/mol. The lowest BCUT2D eigenvalue weighted by Crippen LogP contribution is -2.38. The number of carbonyl (C=O) groups is 1. The van der Waals surface area contributed by atoms with Crippen LogP contribution < -0.4 is 10.6 Å². The predicted molar refractivity (Wildman–Crippen MR) is 104 cm³/mol. The SMILES string of the molecule is CC1(C)CC(c2ccccn2)Nc2c(C(=O)NCc3ccccc3)cnn21. The molecule has 3 heterocycles. The average Bonchev–Trinajstić information content (AvgIpc) is 3.12. The Labute approximate surface area is 158 Å². The van der Waals surface area contributed by atoms with Crippen molar-refractivity contribution in [1.82, 2.24) is 20.1 Å². The first-order chi connectivity index (χ1) is 13.0. The average molecular weight is 361 g/mol. The molecule has 1 aliphatic heterocycles. The molecule has 0 saturated carbocycles. The molecule has 1 aliphatic rings. The summed E-state index contributed by atoms with van der Waals surface area (Å²) in [4.78, 5) is 17.3. The fraction of sp³-hybridized carbons (Fsp3) is 0.286. The van der Waals surface area contributed by atoms with E-state index in [-0.39, 0.29) is 17.5 Å². The van der Waals surface area contributed by atoms with Crippen molar-refractivity contribution in [3.8, 4) is 0 Å². The van der Waals surface area contributed by atoms with E-state index in [1.54, 1.807) is 12.4 Å². The van der Waals surface area contributed by atoms with Crippen molar-refractivity contribution < 1.29 is 4.79 Å². The maximum absolute atomic E-state index is 12.8. The van der Waals surface area contributed by atoms with Crippen LogP contribution in [0.1, 0.15) is 47.9 Å². The zero-order valence-electron chi connectivity index (χ0n) is 15.5. The lowest BCUT2D eigenvalue weighted by Gasteiger charge is -2.37. The zero-order chi connectivity index (χ0) is 18.9. The minimum Gasteiger partial charge on any atom is -0.361 e. The highest BCUT2D eigenvalue weighted by Crippen LogP contribution is 2.39. The van der Waals surface area contributed by atoms with Gasteiger partial charge in [-0.1, -0.05) is 36.4 Å². The molecule has 138 valence electrons. The summed E-state index contributed by atoms with van der Waals surface area (Å²) in [6, 6.07) is 15.8. The maximum atomic E-state index is 12.8. The fourth-order valence-electron chi connectivity index (χ4n) is 3.55. The van der Waals surface area contributed by atoms with Crippen LogP contribution in [-0.4, -0.2) is 20.7 Å². The number of anilines is 1. The number of hydrogen-bond donors (Lipinski definition) is 2. The summed E-state index contributed by atoms with van der Waals surface area (Å²) in [7, 11) is 0. The van der Waals surface area contributed by atoms with Gasteiger partial charge >= 0.3 is 0 Å².